The summed E-state index contributed by atoms with van der Waals surface area (Å²) in [4.78, 5) is 29.6. The number of anilines is 1. The lowest BCUT2D eigenvalue weighted by molar-refractivity contribution is -0.117. The number of benzene rings is 1. The van der Waals surface area contributed by atoms with Crippen LogP contribution in [0.25, 0.3) is 50.1 Å². The molecular weight excluding hydrogens is 502 g/mol. The molecule has 10 nitrogen and oxygen atoms in total. The number of rotatable bonds is 6. The monoisotopic (exact) mass is 531 g/mol. The molecule has 1 fully saturated rings. The first-order chi connectivity index (χ1) is 19.6. The zero-order valence-electron chi connectivity index (χ0n) is 22.1. The van der Waals surface area contributed by atoms with Crippen molar-refractivity contribution in [3.8, 4) is 28.3 Å². The highest BCUT2D eigenvalue weighted by Gasteiger charge is 2.18. The number of fused-ring (bicyclic) bond motifs is 2. The number of aromatic amines is 2. The maximum absolute atomic E-state index is 12.7. The normalized spacial score (nSPS) is 14.2. The van der Waals surface area contributed by atoms with Gasteiger partial charge in [-0.15, -0.1) is 0 Å². The predicted octanol–water partition coefficient (Wildman–Crippen LogP) is 4.99. The molecule has 1 amide bonds. The lowest BCUT2D eigenvalue weighted by atomic mass is 9.94. The van der Waals surface area contributed by atoms with Crippen molar-refractivity contribution in [2.75, 3.05) is 18.4 Å². The molecule has 4 N–H and O–H groups in total. The number of nitrogens with one attached hydrogen (secondary N) is 4. The van der Waals surface area contributed by atoms with Crippen LogP contribution in [0.5, 0.6) is 0 Å². The minimum Gasteiger partial charge on any atom is -0.353 e. The van der Waals surface area contributed by atoms with Gasteiger partial charge < -0.3 is 20.2 Å². The number of nitrogens with zero attached hydrogens (tertiary/aromatic N) is 5. The van der Waals surface area contributed by atoms with Crippen molar-refractivity contribution in [1.82, 2.24) is 40.0 Å². The van der Waals surface area contributed by atoms with Crippen molar-refractivity contribution in [3.63, 3.8) is 0 Å². The van der Waals surface area contributed by atoms with E-state index in [-0.39, 0.29) is 5.91 Å². The Balaban J connectivity index is 1.19. The molecule has 0 radical (unpaired) electrons. The van der Waals surface area contributed by atoms with Crippen LogP contribution in [-0.2, 0) is 4.79 Å². The van der Waals surface area contributed by atoms with E-state index >= 15 is 0 Å². The number of hydrogen-bond acceptors (Lipinski definition) is 6. The van der Waals surface area contributed by atoms with Gasteiger partial charge in [-0.3, -0.25) is 19.9 Å². The van der Waals surface area contributed by atoms with Crippen molar-refractivity contribution >= 4 is 33.4 Å². The summed E-state index contributed by atoms with van der Waals surface area (Å²) in [6.45, 7) is 3.93. The van der Waals surface area contributed by atoms with E-state index in [4.69, 9.17) is 0 Å². The Hall–Kier alpha value is -4.83. The number of aryl methyl sites for hydroxylation is 1. The van der Waals surface area contributed by atoms with Crippen LogP contribution in [0.1, 0.15) is 25.0 Å². The van der Waals surface area contributed by atoms with Crippen LogP contribution in [0.2, 0.25) is 0 Å². The lowest BCUT2D eigenvalue weighted by Gasteiger charge is -2.21. The average Bonchev–Trinajstić information content (AvgIpc) is 3.71. The van der Waals surface area contributed by atoms with Crippen molar-refractivity contribution in [2.45, 2.75) is 26.2 Å². The van der Waals surface area contributed by atoms with Gasteiger partial charge >= 0.3 is 0 Å². The number of H-pyrrole nitrogens is 2. The zero-order valence-corrected chi connectivity index (χ0v) is 22.1. The quantitative estimate of drug-likeness (QED) is 0.240. The number of pyridine rings is 2. The fourth-order valence-corrected chi connectivity index (χ4v) is 5.53. The summed E-state index contributed by atoms with van der Waals surface area (Å²) in [5.74, 6) is 0.446. The predicted molar refractivity (Wildman–Crippen MR) is 155 cm³/mol. The van der Waals surface area contributed by atoms with Gasteiger partial charge in [-0.05, 0) is 69.1 Å². The molecule has 0 aliphatic carbocycles. The lowest BCUT2D eigenvalue weighted by Crippen LogP contribution is -2.30. The molecule has 1 aliphatic rings. The van der Waals surface area contributed by atoms with E-state index in [1.807, 2.05) is 42.2 Å². The highest BCUT2D eigenvalue weighted by atomic mass is 16.1. The van der Waals surface area contributed by atoms with Crippen molar-refractivity contribution in [1.29, 1.82) is 0 Å². The maximum atomic E-state index is 12.7. The number of amides is 1. The summed E-state index contributed by atoms with van der Waals surface area (Å²) >= 11 is 0. The third-order valence-corrected chi connectivity index (χ3v) is 7.58. The van der Waals surface area contributed by atoms with Gasteiger partial charge in [-0.1, -0.05) is 6.07 Å². The SMILES string of the molecule is Cc1cn(-c2cccc3[nH]c(-c4n[nH]c5cnc(-c6cncc(NC(=O)CC7CCNCC7)c6)cc45)cc23)cn1. The van der Waals surface area contributed by atoms with Crippen LogP contribution in [0.15, 0.2) is 67.5 Å². The van der Waals surface area contributed by atoms with E-state index in [1.54, 1.807) is 18.6 Å². The molecule has 1 aliphatic heterocycles. The molecule has 6 aromatic rings. The molecule has 6 heterocycles. The Morgan fingerprint density at radius 1 is 1.05 bits per heavy atom. The Morgan fingerprint density at radius 3 is 2.80 bits per heavy atom. The first-order valence-corrected chi connectivity index (χ1v) is 13.5. The van der Waals surface area contributed by atoms with Crippen molar-refractivity contribution in [3.05, 3.63) is 73.2 Å². The second-order valence-electron chi connectivity index (χ2n) is 10.4. The fraction of sp³-hybridized carbons (Fsp3) is 0.233. The van der Waals surface area contributed by atoms with E-state index in [0.717, 1.165) is 81.8 Å². The molecule has 0 unspecified atom stereocenters. The smallest absolute Gasteiger partial charge is 0.224 e. The number of carbonyl (C=O) groups is 1. The maximum Gasteiger partial charge on any atom is 0.224 e. The Morgan fingerprint density at radius 2 is 1.95 bits per heavy atom. The summed E-state index contributed by atoms with van der Waals surface area (Å²) in [5, 5.41) is 16.1. The number of imidazole rings is 1. The third kappa shape index (κ3) is 4.62. The first kappa shape index (κ1) is 24.2. The minimum absolute atomic E-state index is 0.0235. The molecule has 0 bridgehead atoms. The van der Waals surface area contributed by atoms with Gasteiger partial charge in [0.1, 0.15) is 5.69 Å². The van der Waals surface area contributed by atoms with Gasteiger partial charge in [-0.2, -0.15) is 5.10 Å². The van der Waals surface area contributed by atoms with Crippen LogP contribution in [-0.4, -0.2) is 53.7 Å². The summed E-state index contributed by atoms with van der Waals surface area (Å²) in [7, 11) is 0. The minimum atomic E-state index is 0.0235. The van der Waals surface area contributed by atoms with Gasteiger partial charge in [0.05, 0.1) is 52.7 Å². The Labute approximate surface area is 230 Å². The number of piperidine rings is 1. The molecule has 0 saturated carbocycles. The van der Waals surface area contributed by atoms with E-state index in [2.05, 4.69) is 59.0 Å². The van der Waals surface area contributed by atoms with Gasteiger partial charge in [0, 0.05) is 40.7 Å². The van der Waals surface area contributed by atoms with Crippen LogP contribution < -0.4 is 10.6 Å². The summed E-state index contributed by atoms with van der Waals surface area (Å²) in [5.41, 5.74) is 7.82. The molecule has 40 heavy (non-hydrogen) atoms. The third-order valence-electron chi connectivity index (χ3n) is 7.58. The van der Waals surface area contributed by atoms with Gasteiger partial charge in [-0.25, -0.2) is 4.98 Å². The fourth-order valence-electron chi connectivity index (χ4n) is 5.53. The molecule has 200 valence electrons. The van der Waals surface area contributed by atoms with E-state index in [9.17, 15) is 4.79 Å². The standard InChI is InChI=1S/C30H29N9O/c1-18-16-39(17-34-18)28-4-2-3-24-22(28)11-26(36-24)30-23-12-25(33-15-27(23)37-38-30)20-10-21(14-32-13-20)35-29(40)9-19-5-7-31-8-6-19/h2-4,10-17,19,31,36H,5-9H2,1H3,(H,35,40)(H,37,38). The van der Waals surface area contributed by atoms with Crippen LogP contribution >= 0.6 is 0 Å². The number of hydrogen-bond donors (Lipinski definition) is 4. The van der Waals surface area contributed by atoms with Crippen LogP contribution in [0.4, 0.5) is 5.69 Å². The first-order valence-electron chi connectivity index (χ1n) is 13.5. The van der Waals surface area contributed by atoms with E-state index in [1.165, 1.54) is 0 Å². The van der Waals surface area contributed by atoms with E-state index in [0.29, 0.717) is 18.0 Å². The second kappa shape index (κ2) is 10.0. The molecule has 0 atom stereocenters. The molecule has 10 heteroatoms. The average molecular weight is 532 g/mol. The van der Waals surface area contributed by atoms with Gasteiger partial charge in [0.2, 0.25) is 5.91 Å². The van der Waals surface area contributed by atoms with Crippen molar-refractivity contribution in [2.24, 2.45) is 5.92 Å². The molecule has 0 spiro atoms. The van der Waals surface area contributed by atoms with Gasteiger partial charge in [0.25, 0.3) is 0 Å². The summed E-state index contributed by atoms with van der Waals surface area (Å²) in [6.07, 6.45) is 11.7. The van der Waals surface area contributed by atoms with Crippen LogP contribution in [0, 0.1) is 12.8 Å². The summed E-state index contributed by atoms with van der Waals surface area (Å²) < 4.78 is 2.03. The highest BCUT2D eigenvalue weighted by Crippen LogP contribution is 2.33. The summed E-state index contributed by atoms with van der Waals surface area (Å²) in [6, 6.07) is 12.2. The molecule has 1 saturated heterocycles. The Bertz CT molecular complexity index is 1840. The zero-order chi connectivity index (χ0) is 27.1. The Kier molecular flexibility index (Phi) is 6.09. The number of aromatic nitrogens is 7. The van der Waals surface area contributed by atoms with E-state index < -0.39 is 0 Å². The largest absolute Gasteiger partial charge is 0.353 e. The topological polar surface area (TPSA) is 129 Å². The molecule has 1 aromatic carbocycles. The second-order valence-corrected chi connectivity index (χ2v) is 10.4. The molecule has 5 aromatic heterocycles. The van der Waals surface area contributed by atoms with Crippen LogP contribution in [0.3, 0.4) is 0 Å². The van der Waals surface area contributed by atoms with Crippen molar-refractivity contribution < 1.29 is 4.79 Å². The molecule has 7 rings (SSSR count). The number of carbonyl (C=O) groups excluding carboxylic acids is 1. The highest BCUT2D eigenvalue weighted by molar-refractivity contribution is 5.99. The van der Waals surface area contributed by atoms with Gasteiger partial charge in [0.15, 0.2) is 0 Å². The molecular formula is C30H29N9O.